The standard InChI is InChI=1S/C16H12ClFO2/c17-14-7-2-8-15(16(14)18)20-11-13-5-1-4-12(10-13)6-3-9-19/h1-2,4-5,7-8,10,19H,9,11H2. The van der Waals surface area contributed by atoms with E-state index in [4.69, 9.17) is 21.4 Å². The van der Waals surface area contributed by atoms with Crippen LogP contribution in [0.5, 0.6) is 5.75 Å². The van der Waals surface area contributed by atoms with E-state index in [1.54, 1.807) is 6.07 Å². The summed E-state index contributed by atoms with van der Waals surface area (Å²) in [6.45, 7) is 0.0281. The van der Waals surface area contributed by atoms with Gasteiger partial charge in [-0.1, -0.05) is 41.6 Å². The molecule has 0 saturated carbocycles. The Kier molecular flexibility index (Phi) is 5.00. The number of benzene rings is 2. The topological polar surface area (TPSA) is 29.5 Å². The molecule has 2 aromatic carbocycles. The number of ether oxygens (including phenoxy) is 1. The molecule has 4 heteroatoms. The van der Waals surface area contributed by atoms with Crippen LogP contribution in [0.4, 0.5) is 4.39 Å². The summed E-state index contributed by atoms with van der Waals surface area (Å²) in [6, 6.07) is 12.0. The lowest BCUT2D eigenvalue weighted by Crippen LogP contribution is -1.98. The van der Waals surface area contributed by atoms with E-state index in [1.165, 1.54) is 12.1 Å². The van der Waals surface area contributed by atoms with Crippen molar-refractivity contribution in [3.8, 4) is 17.6 Å². The van der Waals surface area contributed by atoms with E-state index in [1.807, 2.05) is 24.3 Å². The molecule has 0 aliphatic carbocycles. The number of rotatable bonds is 3. The normalized spacial score (nSPS) is 9.75. The smallest absolute Gasteiger partial charge is 0.183 e. The Labute approximate surface area is 121 Å². The van der Waals surface area contributed by atoms with Crippen molar-refractivity contribution in [2.45, 2.75) is 6.61 Å². The molecule has 20 heavy (non-hydrogen) atoms. The fourth-order valence-electron chi connectivity index (χ4n) is 1.64. The van der Waals surface area contributed by atoms with Gasteiger partial charge in [-0.05, 0) is 29.8 Å². The molecule has 0 amide bonds. The highest BCUT2D eigenvalue weighted by Gasteiger charge is 2.07. The zero-order chi connectivity index (χ0) is 14.4. The van der Waals surface area contributed by atoms with E-state index in [2.05, 4.69) is 11.8 Å². The summed E-state index contributed by atoms with van der Waals surface area (Å²) >= 11 is 5.68. The van der Waals surface area contributed by atoms with Crippen LogP contribution >= 0.6 is 11.6 Å². The fourth-order valence-corrected chi connectivity index (χ4v) is 1.80. The maximum absolute atomic E-state index is 13.6. The van der Waals surface area contributed by atoms with Crippen LogP contribution in [-0.4, -0.2) is 11.7 Å². The van der Waals surface area contributed by atoms with E-state index in [9.17, 15) is 4.39 Å². The molecule has 0 aliphatic rings. The molecule has 102 valence electrons. The molecule has 0 aliphatic heterocycles. The average Bonchev–Trinajstić information content (AvgIpc) is 2.47. The highest BCUT2D eigenvalue weighted by atomic mass is 35.5. The van der Waals surface area contributed by atoms with Gasteiger partial charge in [0.25, 0.3) is 0 Å². The Morgan fingerprint density at radius 2 is 2.00 bits per heavy atom. The molecule has 0 aromatic heterocycles. The third-order valence-corrected chi connectivity index (χ3v) is 2.84. The average molecular weight is 291 g/mol. The third kappa shape index (κ3) is 3.74. The van der Waals surface area contributed by atoms with Gasteiger partial charge >= 0.3 is 0 Å². The van der Waals surface area contributed by atoms with Gasteiger partial charge < -0.3 is 9.84 Å². The van der Waals surface area contributed by atoms with E-state index >= 15 is 0 Å². The summed E-state index contributed by atoms with van der Waals surface area (Å²) in [5, 5.41) is 8.69. The lowest BCUT2D eigenvalue weighted by molar-refractivity contribution is 0.290. The molecule has 2 nitrogen and oxygen atoms in total. The van der Waals surface area contributed by atoms with E-state index in [0.717, 1.165) is 11.1 Å². The number of aliphatic hydroxyl groups excluding tert-OH is 1. The summed E-state index contributed by atoms with van der Waals surface area (Å²) < 4.78 is 19.0. The van der Waals surface area contributed by atoms with Crippen molar-refractivity contribution in [1.82, 2.24) is 0 Å². The Balaban J connectivity index is 2.09. The monoisotopic (exact) mass is 290 g/mol. The minimum absolute atomic E-state index is 0.0325. The van der Waals surface area contributed by atoms with Crippen molar-refractivity contribution >= 4 is 11.6 Å². The van der Waals surface area contributed by atoms with Crippen LogP contribution in [-0.2, 0) is 6.61 Å². The predicted molar refractivity (Wildman–Crippen MR) is 76.1 cm³/mol. The molecule has 0 heterocycles. The molecule has 0 spiro atoms. The highest BCUT2D eigenvalue weighted by Crippen LogP contribution is 2.24. The van der Waals surface area contributed by atoms with Crippen molar-refractivity contribution in [3.63, 3.8) is 0 Å². The van der Waals surface area contributed by atoms with Crippen molar-refractivity contribution in [2.24, 2.45) is 0 Å². The molecule has 2 aromatic rings. The van der Waals surface area contributed by atoms with Crippen LogP contribution in [0.25, 0.3) is 0 Å². The van der Waals surface area contributed by atoms with Crippen LogP contribution in [0.15, 0.2) is 42.5 Å². The molecule has 0 fully saturated rings. The second-order valence-corrected chi connectivity index (χ2v) is 4.41. The van der Waals surface area contributed by atoms with Crippen LogP contribution < -0.4 is 4.74 Å². The van der Waals surface area contributed by atoms with E-state index < -0.39 is 5.82 Å². The van der Waals surface area contributed by atoms with Gasteiger partial charge in [0.1, 0.15) is 13.2 Å². The van der Waals surface area contributed by atoms with Crippen LogP contribution in [0.1, 0.15) is 11.1 Å². The molecular formula is C16H12ClFO2. The molecule has 0 saturated heterocycles. The second-order valence-electron chi connectivity index (χ2n) is 4.00. The van der Waals surface area contributed by atoms with Gasteiger partial charge in [0.05, 0.1) is 5.02 Å². The van der Waals surface area contributed by atoms with Gasteiger partial charge in [-0.3, -0.25) is 0 Å². The third-order valence-electron chi connectivity index (χ3n) is 2.55. The first-order valence-corrected chi connectivity index (χ1v) is 6.34. The molecule has 0 radical (unpaired) electrons. The number of hydrogen-bond acceptors (Lipinski definition) is 2. The van der Waals surface area contributed by atoms with Gasteiger partial charge in [-0.2, -0.15) is 0 Å². The van der Waals surface area contributed by atoms with Crippen molar-refractivity contribution in [3.05, 3.63) is 64.4 Å². The highest BCUT2D eigenvalue weighted by molar-refractivity contribution is 6.30. The van der Waals surface area contributed by atoms with Gasteiger partial charge in [0, 0.05) is 5.56 Å². The first-order chi connectivity index (χ1) is 9.70. The van der Waals surface area contributed by atoms with Crippen LogP contribution in [0.3, 0.4) is 0 Å². The van der Waals surface area contributed by atoms with Crippen molar-refractivity contribution in [2.75, 3.05) is 6.61 Å². The number of aliphatic hydroxyl groups is 1. The maximum atomic E-state index is 13.6. The van der Waals surface area contributed by atoms with Crippen LogP contribution in [0, 0.1) is 17.7 Å². The first kappa shape index (κ1) is 14.4. The lowest BCUT2D eigenvalue weighted by Gasteiger charge is -2.08. The number of halogens is 2. The lowest BCUT2D eigenvalue weighted by atomic mass is 10.1. The SMILES string of the molecule is OCC#Cc1cccc(COc2cccc(Cl)c2F)c1. The van der Waals surface area contributed by atoms with E-state index in [-0.39, 0.29) is 24.0 Å². The van der Waals surface area contributed by atoms with Gasteiger partial charge in [0.15, 0.2) is 11.6 Å². The molecule has 2 rings (SSSR count). The minimum Gasteiger partial charge on any atom is -0.486 e. The fraction of sp³-hybridized carbons (Fsp3) is 0.125. The van der Waals surface area contributed by atoms with Gasteiger partial charge in [-0.25, -0.2) is 4.39 Å². The molecule has 0 unspecified atom stereocenters. The molecule has 1 N–H and O–H groups in total. The Morgan fingerprint density at radius 3 is 2.80 bits per heavy atom. The quantitative estimate of drug-likeness (QED) is 0.878. The largest absolute Gasteiger partial charge is 0.486 e. The molecule has 0 bridgehead atoms. The van der Waals surface area contributed by atoms with Gasteiger partial charge in [0.2, 0.25) is 0 Å². The zero-order valence-electron chi connectivity index (χ0n) is 10.6. The zero-order valence-corrected chi connectivity index (χ0v) is 11.3. The Hall–Kier alpha value is -2.02. The Bertz CT molecular complexity index is 659. The summed E-state index contributed by atoms with van der Waals surface area (Å²) in [4.78, 5) is 0. The minimum atomic E-state index is -0.564. The van der Waals surface area contributed by atoms with Crippen molar-refractivity contribution < 1.29 is 14.2 Å². The predicted octanol–water partition coefficient (Wildman–Crippen LogP) is 3.40. The second kappa shape index (κ2) is 6.95. The summed E-state index contributed by atoms with van der Waals surface area (Å²) in [5.41, 5.74) is 1.63. The summed E-state index contributed by atoms with van der Waals surface area (Å²) in [7, 11) is 0. The molecule has 0 atom stereocenters. The van der Waals surface area contributed by atoms with Crippen molar-refractivity contribution in [1.29, 1.82) is 0 Å². The van der Waals surface area contributed by atoms with Gasteiger partial charge in [-0.15, -0.1) is 0 Å². The van der Waals surface area contributed by atoms with E-state index in [0.29, 0.717) is 0 Å². The summed E-state index contributed by atoms with van der Waals surface area (Å²) in [5.74, 6) is 4.92. The Morgan fingerprint density at radius 1 is 1.20 bits per heavy atom. The summed E-state index contributed by atoms with van der Waals surface area (Å²) in [6.07, 6.45) is 0. The molecular weight excluding hydrogens is 279 g/mol. The maximum Gasteiger partial charge on any atom is 0.183 e. The first-order valence-electron chi connectivity index (χ1n) is 5.96. The van der Waals surface area contributed by atoms with Crippen LogP contribution in [0.2, 0.25) is 5.02 Å². The number of hydrogen-bond donors (Lipinski definition) is 1.